The Bertz CT molecular complexity index is 613. The summed E-state index contributed by atoms with van der Waals surface area (Å²) in [6.45, 7) is 2.04. The summed E-state index contributed by atoms with van der Waals surface area (Å²) < 4.78 is 14.1. The predicted molar refractivity (Wildman–Crippen MR) is 77.9 cm³/mol. The third-order valence-electron chi connectivity index (χ3n) is 2.79. The molecule has 0 aromatic heterocycles. The standard InChI is InChI=1S/C15H13BrFNO/c1-2-10-5-3-6-11(9-10)18-15(19)12-7-4-8-13(16)14(12)17/h3-9H,2H2,1H3,(H,18,19). The molecule has 0 spiro atoms. The maximum absolute atomic E-state index is 13.8. The highest BCUT2D eigenvalue weighted by Crippen LogP contribution is 2.20. The largest absolute Gasteiger partial charge is 0.322 e. The zero-order chi connectivity index (χ0) is 13.8. The van der Waals surface area contributed by atoms with Crippen LogP contribution in [0.2, 0.25) is 0 Å². The number of carbonyl (C=O) groups is 1. The highest BCUT2D eigenvalue weighted by molar-refractivity contribution is 9.10. The van der Waals surface area contributed by atoms with Crippen LogP contribution in [-0.2, 0) is 6.42 Å². The molecule has 2 rings (SSSR count). The number of nitrogens with one attached hydrogen (secondary N) is 1. The Kier molecular flexibility index (Phi) is 4.32. The summed E-state index contributed by atoms with van der Waals surface area (Å²) in [7, 11) is 0. The summed E-state index contributed by atoms with van der Waals surface area (Å²) in [4.78, 5) is 12.0. The van der Waals surface area contributed by atoms with E-state index in [9.17, 15) is 9.18 Å². The first kappa shape index (κ1) is 13.7. The second kappa shape index (κ2) is 5.97. The Morgan fingerprint density at radius 1 is 1.26 bits per heavy atom. The van der Waals surface area contributed by atoms with Crippen LogP contribution in [0.4, 0.5) is 10.1 Å². The van der Waals surface area contributed by atoms with Gasteiger partial charge in [0.25, 0.3) is 5.91 Å². The van der Waals surface area contributed by atoms with Crippen molar-refractivity contribution in [3.8, 4) is 0 Å². The number of rotatable bonds is 3. The number of halogens is 2. The van der Waals surface area contributed by atoms with Crippen molar-refractivity contribution in [1.29, 1.82) is 0 Å². The van der Waals surface area contributed by atoms with Gasteiger partial charge in [-0.05, 0) is 52.2 Å². The maximum Gasteiger partial charge on any atom is 0.258 e. The molecule has 2 aromatic rings. The molecule has 0 aliphatic rings. The zero-order valence-corrected chi connectivity index (χ0v) is 12.0. The second-order valence-electron chi connectivity index (χ2n) is 4.11. The molecule has 98 valence electrons. The van der Waals surface area contributed by atoms with Crippen LogP contribution in [0.15, 0.2) is 46.9 Å². The highest BCUT2D eigenvalue weighted by atomic mass is 79.9. The molecule has 2 nitrogen and oxygen atoms in total. The van der Waals surface area contributed by atoms with E-state index in [0.29, 0.717) is 5.69 Å². The summed E-state index contributed by atoms with van der Waals surface area (Å²) in [5.74, 6) is -1.00. The topological polar surface area (TPSA) is 29.1 Å². The van der Waals surface area contributed by atoms with Crippen LogP contribution in [0.25, 0.3) is 0 Å². The molecule has 2 aromatic carbocycles. The molecule has 1 amide bonds. The average molecular weight is 322 g/mol. The van der Waals surface area contributed by atoms with E-state index in [-0.39, 0.29) is 10.0 Å². The van der Waals surface area contributed by atoms with E-state index in [1.165, 1.54) is 6.07 Å². The molecule has 1 N–H and O–H groups in total. The van der Waals surface area contributed by atoms with Crippen LogP contribution in [0.3, 0.4) is 0 Å². The molecule has 0 unspecified atom stereocenters. The Labute approximate surface area is 119 Å². The van der Waals surface area contributed by atoms with Crippen LogP contribution in [0, 0.1) is 5.82 Å². The lowest BCUT2D eigenvalue weighted by Gasteiger charge is -2.08. The molecule has 0 aliphatic heterocycles. The van der Waals surface area contributed by atoms with E-state index in [1.807, 2.05) is 25.1 Å². The van der Waals surface area contributed by atoms with Gasteiger partial charge >= 0.3 is 0 Å². The fourth-order valence-electron chi connectivity index (χ4n) is 1.75. The Morgan fingerprint density at radius 3 is 2.74 bits per heavy atom. The lowest BCUT2D eigenvalue weighted by Crippen LogP contribution is -2.14. The van der Waals surface area contributed by atoms with Gasteiger partial charge in [-0.3, -0.25) is 4.79 Å². The van der Waals surface area contributed by atoms with Crippen molar-refractivity contribution >= 4 is 27.5 Å². The summed E-state index contributed by atoms with van der Waals surface area (Å²) in [6, 6.07) is 12.2. The van der Waals surface area contributed by atoms with Gasteiger partial charge in [0.1, 0.15) is 5.82 Å². The number of benzene rings is 2. The lowest BCUT2D eigenvalue weighted by atomic mass is 10.1. The van der Waals surface area contributed by atoms with Gasteiger partial charge in [0.15, 0.2) is 0 Å². The first-order chi connectivity index (χ1) is 9.11. The first-order valence-corrected chi connectivity index (χ1v) is 6.75. The molecule has 0 bridgehead atoms. The Hall–Kier alpha value is -1.68. The SMILES string of the molecule is CCc1cccc(NC(=O)c2cccc(Br)c2F)c1. The van der Waals surface area contributed by atoms with Crippen molar-refractivity contribution in [2.24, 2.45) is 0 Å². The van der Waals surface area contributed by atoms with Gasteiger partial charge in [0, 0.05) is 5.69 Å². The van der Waals surface area contributed by atoms with Crippen LogP contribution in [0.1, 0.15) is 22.8 Å². The van der Waals surface area contributed by atoms with Crippen LogP contribution in [-0.4, -0.2) is 5.91 Å². The first-order valence-electron chi connectivity index (χ1n) is 5.96. The van der Waals surface area contributed by atoms with Crippen molar-refractivity contribution in [3.05, 3.63) is 63.9 Å². The molecule has 0 heterocycles. The van der Waals surface area contributed by atoms with Crippen molar-refractivity contribution in [1.82, 2.24) is 0 Å². The zero-order valence-electron chi connectivity index (χ0n) is 10.4. The fraction of sp³-hybridized carbons (Fsp3) is 0.133. The summed E-state index contributed by atoms with van der Waals surface area (Å²) in [5.41, 5.74) is 1.81. The molecular formula is C15H13BrFNO. The van der Waals surface area contributed by atoms with Crippen LogP contribution >= 0.6 is 15.9 Å². The molecule has 19 heavy (non-hydrogen) atoms. The molecule has 0 atom stereocenters. The summed E-state index contributed by atoms with van der Waals surface area (Å²) in [6.07, 6.45) is 0.884. The van der Waals surface area contributed by atoms with Gasteiger partial charge in [-0.25, -0.2) is 4.39 Å². The third-order valence-corrected chi connectivity index (χ3v) is 3.40. The maximum atomic E-state index is 13.8. The second-order valence-corrected chi connectivity index (χ2v) is 4.96. The lowest BCUT2D eigenvalue weighted by molar-refractivity contribution is 0.102. The quantitative estimate of drug-likeness (QED) is 0.891. The predicted octanol–water partition coefficient (Wildman–Crippen LogP) is 4.40. The van der Waals surface area contributed by atoms with E-state index in [2.05, 4.69) is 21.2 Å². The van der Waals surface area contributed by atoms with Gasteiger partial charge in [-0.2, -0.15) is 0 Å². The fourth-order valence-corrected chi connectivity index (χ4v) is 2.11. The number of carbonyl (C=O) groups excluding carboxylic acids is 1. The minimum absolute atomic E-state index is 0.0243. The Balaban J connectivity index is 2.23. The average Bonchev–Trinajstić information content (AvgIpc) is 2.42. The molecular weight excluding hydrogens is 309 g/mol. The number of anilines is 1. The van der Waals surface area contributed by atoms with Crippen molar-refractivity contribution in [2.75, 3.05) is 5.32 Å². The number of hydrogen-bond acceptors (Lipinski definition) is 1. The third kappa shape index (κ3) is 3.20. The van der Waals surface area contributed by atoms with Crippen molar-refractivity contribution < 1.29 is 9.18 Å². The van der Waals surface area contributed by atoms with Crippen LogP contribution in [0.5, 0.6) is 0 Å². The number of amides is 1. The minimum Gasteiger partial charge on any atom is -0.322 e. The molecule has 0 fully saturated rings. The van der Waals surface area contributed by atoms with Crippen LogP contribution < -0.4 is 5.32 Å². The normalized spacial score (nSPS) is 10.3. The molecule has 0 aliphatic carbocycles. The number of hydrogen-bond donors (Lipinski definition) is 1. The number of aryl methyl sites for hydroxylation is 1. The smallest absolute Gasteiger partial charge is 0.258 e. The monoisotopic (exact) mass is 321 g/mol. The molecule has 4 heteroatoms. The van der Waals surface area contributed by atoms with E-state index in [4.69, 9.17) is 0 Å². The van der Waals surface area contributed by atoms with E-state index < -0.39 is 11.7 Å². The molecule has 0 saturated heterocycles. The minimum atomic E-state index is -0.549. The van der Waals surface area contributed by atoms with E-state index >= 15 is 0 Å². The van der Waals surface area contributed by atoms with Gasteiger partial charge in [-0.1, -0.05) is 25.1 Å². The Morgan fingerprint density at radius 2 is 2.00 bits per heavy atom. The highest BCUT2D eigenvalue weighted by Gasteiger charge is 2.13. The summed E-state index contributed by atoms with van der Waals surface area (Å²) in [5, 5.41) is 2.70. The van der Waals surface area contributed by atoms with Gasteiger partial charge in [-0.15, -0.1) is 0 Å². The summed E-state index contributed by atoms with van der Waals surface area (Å²) >= 11 is 3.07. The van der Waals surface area contributed by atoms with Crippen molar-refractivity contribution in [3.63, 3.8) is 0 Å². The van der Waals surface area contributed by atoms with Gasteiger partial charge in [0.05, 0.1) is 10.0 Å². The molecule has 0 saturated carbocycles. The van der Waals surface area contributed by atoms with Gasteiger partial charge in [0.2, 0.25) is 0 Å². The van der Waals surface area contributed by atoms with Gasteiger partial charge < -0.3 is 5.32 Å². The van der Waals surface area contributed by atoms with E-state index in [0.717, 1.165) is 12.0 Å². The van der Waals surface area contributed by atoms with Crippen molar-refractivity contribution in [2.45, 2.75) is 13.3 Å². The van der Waals surface area contributed by atoms with E-state index in [1.54, 1.807) is 18.2 Å². The molecule has 0 radical (unpaired) electrons.